The summed E-state index contributed by atoms with van der Waals surface area (Å²) in [7, 11) is 0. The van der Waals surface area contributed by atoms with Crippen molar-refractivity contribution in [3.63, 3.8) is 0 Å². The zero-order valence-electron chi connectivity index (χ0n) is 11.3. The van der Waals surface area contributed by atoms with E-state index in [4.69, 9.17) is 5.73 Å². The summed E-state index contributed by atoms with van der Waals surface area (Å²) >= 11 is 0. The lowest BCUT2D eigenvalue weighted by Gasteiger charge is -2.11. The normalized spacial score (nSPS) is 12.1. The third-order valence-electron chi connectivity index (χ3n) is 3.31. The van der Waals surface area contributed by atoms with Gasteiger partial charge < -0.3 is 5.73 Å². The predicted molar refractivity (Wildman–Crippen MR) is 77.7 cm³/mol. The van der Waals surface area contributed by atoms with E-state index in [2.05, 4.69) is 0 Å². The maximum Gasteiger partial charge on any atom is 0.137 e. The molecule has 0 aromatic heterocycles. The monoisotopic (exact) mass is 271 g/mol. The molecule has 2 rings (SSSR count). The van der Waals surface area contributed by atoms with E-state index in [0.29, 0.717) is 18.4 Å². The zero-order chi connectivity index (χ0) is 14.4. The van der Waals surface area contributed by atoms with Crippen molar-refractivity contribution in [2.24, 2.45) is 5.73 Å². The summed E-state index contributed by atoms with van der Waals surface area (Å²) in [4.78, 5) is 11.9. The van der Waals surface area contributed by atoms with E-state index in [0.717, 1.165) is 5.56 Å². The van der Waals surface area contributed by atoms with Crippen LogP contribution in [0, 0.1) is 5.82 Å². The number of Topliss-reactive ketones (excluding diaryl/α,β-unsaturated/α-hetero) is 1. The zero-order valence-corrected chi connectivity index (χ0v) is 11.3. The Morgan fingerprint density at radius 3 is 2.40 bits per heavy atom. The first-order valence-electron chi connectivity index (χ1n) is 6.72. The summed E-state index contributed by atoms with van der Waals surface area (Å²) in [6.45, 7) is 0. The molecule has 0 fully saturated rings. The molecule has 0 saturated heterocycles. The minimum Gasteiger partial charge on any atom is -0.324 e. The summed E-state index contributed by atoms with van der Waals surface area (Å²) in [5.74, 6) is -0.310. The molecule has 2 nitrogen and oxygen atoms in total. The highest BCUT2D eigenvalue weighted by atomic mass is 19.1. The van der Waals surface area contributed by atoms with Crippen LogP contribution in [-0.4, -0.2) is 5.78 Å². The van der Waals surface area contributed by atoms with Gasteiger partial charge in [0.15, 0.2) is 0 Å². The quantitative estimate of drug-likeness (QED) is 0.874. The van der Waals surface area contributed by atoms with Crippen LogP contribution in [0.1, 0.15) is 30.0 Å². The van der Waals surface area contributed by atoms with E-state index in [1.165, 1.54) is 6.07 Å². The van der Waals surface area contributed by atoms with Crippen molar-refractivity contribution in [1.29, 1.82) is 0 Å². The molecule has 1 unspecified atom stereocenters. The molecule has 0 amide bonds. The summed E-state index contributed by atoms with van der Waals surface area (Å²) in [5, 5.41) is 0. The summed E-state index contributed by atoms with van der Waals surface area (Å²) < 4.78 is 13.4. The second-order valence-corrected chi connectivity index (χ2v) is 4.86. The molecule has 2 aromatic rings. The number of nitrogens with two attached hydrogens (primary N) is 1. The standard InChI is InChI=1S/C17H18FNO/c18-16-9-5-4-8-14(16)12-15(20)10-11-17(19)13-6-2-1-3-7-13/h1-9,17H,10-12,19H2. The predicted octanol–water partition coefficient (Wildman–Crippen LogP) is 3.42. The number of benzene rings is 2. The Labute approximate surface area is 118 Å². The molecule has 0 saturated carbocycles. The minimum absolute atomic E-state index is 0.0153. The van der Waals surface area contributed by atoms with Crippen LogP contribution in [0.5, 0.6) is 0 Å². The van der Waals surface area contributed by atoms with Crippen molar-refractivity contribution in [3.8, 4) is 0 Å². The van der Waals surface area contributed by atoms with E-state index in [1.54, 1.807) is 18.2 Å². The number of hydrogen-bond acceptors (Lipinski definition) is 2. The summed E-state index contributed by atoms with van der Waals surface area (Å²) in [6, 6.07) is 15.9. The van der Waals surface area contributed by atoms with Crippen molar-refractivity contribution in [2.75, 3.05) is 0 Å². The van der Waals surface area contributed by atoms with Crippen molar-refractivity contribution >= 4 is 5.78 Å². The number of carbonyl (C=O) groups is 1. The largest absolute Gasteiger partial charge is 0.324 e. The van der Waals surface area contributed by atoms with Crippen molar-refractivity contribution < 1.29 is 9.18 Å². The summed E-state index contributed by atoms with van der Waals surface area (Å²) in [6.07, 6.45) is 1.08. The molecule has 0 aliphatic carbocycles. The maximum absolute atomic E-state index is 13.4. The number of carbonyl (C=O) groups excluding carboxylic acids is 1. The van der Waals surface area contributed by atoms with E-state index < -0.39 is 0 Å². The fourth-order valence-electron chi connectivity index (χ4n) is 2.13. The molecule has 0 radical (unpaired) electrons. The van der Waals surface area contributed by atoms with Gasteiger partial charge in [-0.15, -0.1) is 0 Å². The van der Waals surface area contributed by atoms with Crippen LogP contribution >= 0.6 is 0 Å². The van der Waals surface area contributed by atoms with Crippen LogP contribution in [0.4, 0.5) is 4.39 Å². The Morgan fingerprint density at radius 1 is 1.05 bits per heavy atom. The van der Waals surface area contributed by atoms with Gasteiger partial charge >= 0.3 is 0 Å². The molecule has 2 aromatic carbocycles. The van der Waals surface area contributed by atoms with Gasteiger partial charge in [-0.1, -0.05) is 48.5 Å². The van der Waals surface area contributed by atoms with Gasteiger partial charge in [0, 0.05) is 18.9 Å². The molecular formula is C17H18FNO. The van der Waals surface area contributed by atoms with Crippen LogP contribution in [-0.2, 0) is 11.2 Å². The third-order valence-corrected chi connectivity index (χ3v) is 3.31. The highest BCUT2D eigenvalue weighted by Crippen LogP contribution is 2.16. The lowest BCUT2D eigenvalue weighted by molar-refractivity contribution is -0.118. The molecule has 20 heavy (non-hydrogen) atoms. The molecule has 0 heterocycles. The first-order chi connectivity index (χ1) is 9.66. The molecule has 0 aliphatic rings. The second kappa shape index (κ2) is 6.96. The van der Waals surface area contributed by atoms with Crippen LogP contribution in [0.15, 0.2) is 54.6 Å². The topological polar surface area (TPSA) is 43.1 Å². The number of rotatable bonds is 6. The van der Waals surface area contributed by atoms with Crippen LogP contribution in [0.3, 0.4) is 0 Å². The maximum atomic E-state index is 13.4. The Balaban J connectivity index is 1.85. The Kier molecular flexibility index (Phi) is 5.02. The van der Waals surface area contributed by atoms with Gasteiger partial charge in [0.25, 0.3) is 0 Å². The van der Waals surface area contributed by atoms with Crippen molar-refractivity contribution in [2.45, 2.75) is 25.3 Å². The van der Waals surface area contributed by atoms with E-state index in [9.17, 15) is 9.18 Å². The smallest absolute Gasteiger partial charge is 0.137 e. The van der Waals surface area contributed by atoms with E-state index in [-0.39, 0.29) is 24.1 Å². The SMILES string of the molecule is NC(CCC(=O)Cc1ccccc1F)c1ccccc1. The molecule has 1 atom stereocenters. The highest BCUT2D eigenvalue weighted by molar-refractivity contribution is 5.80. The summed E-state index contributed by atoms with van der Waals surface area (Å²) in [5.41, 5.74) is 7.51. The molecule has 3 heteroatoms. The molecular weight excluding hydrogens is 253 g/mol. The van der Waals surface area contributed by atoms with Gasteiger partial charge in [0.1, 0.15) is 11.6 Å². The molecule has 104 valence electrons. The lowest BCUT2D eigenvalue weighted by atomic mass is 9.99. The highest BCUT2D eigenvalue weighted by Gasteiger charge is 2.11. The van der Waals surface area contributed by atoms with Gasteiger partial charge in [0.2, 0.25) is 0 Å². The van der Waals surface area contributed by atoms with Gasteiger partial charge in [-0.2, -0.15) is 0 Å². The van der Waals surface area contributed by atoms with Crippen LogP contribution in [0.2, 0.25) is 0 Å². The third kappa shape index (κ3) is 4.00. The molecule has 0 spiro atoms. The average Bonchev–Trinajstić information content (AvgIpc) is 2.48. The van der Waals surface area contributed by atoms with Gasteiger partial charge in [-0.25, -0.2) is 4.39 Å². The van der Waals surface area contributed by atoms with E-state index >= 15 is 0 Å². The first kappa shape index (κ1) is 14.4. The van der Waals surface area contributed by atoms with Crippen LogP contribution < -0.4 is 5.73 Å². The average molecular weight is 271 g/mol. The van der Waals surface area contributed by atoms with Gasteiger partial charge in [-0.05, 0) is 23.6 Å². The van der Waals surface area contributed by atoms with Crippen LogP contribution in [0.25, 0.3) is 0 Å². The lowest BCUT2D eigenvalue weighted by Crippen LogP contribution is -2.13. The second-order valence-electron chi connectivity index (χ2n) is 4.86. The molecule has 0 aliphatic heterocycles. The van der Waals surface area contributed by atoms with Crippen molar-refractivity contribution in [1.82, 2.24) is 0 Å². The molecule has 2 N–H and O–H groups in total. The fraction of sp³-hybridized carbons (Fsp3) is 0.235. The number of halogens is 1. The van der Waals surface area contributed by atoms with Gasteiger partial charge in [0.05, 0.1) is 0 Å². The Hall–Kier alpha value is -2.00. The fourth-order valence-corrected chi connectivity index (χ4v) is 2.13. The first-order valence-corrected chi connectivity index (χ1v) is 6.72. The van der Waals surface area contributed by atoms with Crippen molar-refractivity contribution in [3.05, 3.63) is 71.5 Å². The number of hydrogen-bond donors (Lipinski definition) is 1. The Morgan fingerprint density at radius 2 is 1.70 bits per heavy atom. The molecule has 0 bridgehead atoms. The van der Waals surface area contributed by atoms with Gasteiger partial charge in [-0.3, -0.25) is 4.79 Å². The number of ketones is 1. The van der Waals surface area contributed by atoms with E-state index in [1.807, 2.05) is 30.3 Å². The minimum atomic E-state index is -0.326. The Bertz CT molecular complexity index is 568.